The molecular formula is C17H20N2O4S. The smallest absolute Gasteiger partial charge is 0.246 e. The lowest BCUT2D eigenvalue weighted by Crippen LogP contribution is -2.28. The van der Waals surface area contributed by atoms with Gasteiger partial charge in [0.05, 0.1) is 17.7 Å². The highest BCUT2D eigenvalue weighted by atomic mass is 32.2. The fourth-order valence-corrected chi connectivity index (χ4v) is 2.82. The first-order chi connectivity index (χ1) is 11.5. The summed E-state index contributed by atoms with van der Waals surface area (Å²) in [4.78, 5) is 14.1. The van der Waals surface area contributed by atoms with Crippen molar-refractivity contribution in [1.29, 1.82) is 0 Å². The lowest BCUT2D eigenvalue weighted by molar-refractivity contribution is -0.126. The van der Waals surface area contributed by atoms with Gasteiger partial charge < -0.3 is 9.32 Å². The monoisotopic (exact) mass is 348 g/mol. The molecule has 0 radical (unpaired) electrons. The molecule has 2 rings (SSSR count). The molecular weight excluding hydrogens is 328 g/mol. The second-order valence-corrected chi connectivity index (χ2v) is 6.93. The van der Waals surface area contributed by atoms with Gasteiger partial charge in [0.15, 0.2) is 0 Å². The minimum atomic E-state index is -3.45. The lowest BCUT2D eigenvalue weighted by atomic mass is 10.2. The van der Waals surface area contributed by atoms with Gasteiger partial charge in [0, 0.05) is 12.6 Å². The van der Waals surface area contributed by atoms with Crippen molar-refractivity contribution in [3.8, 4) is 0 Å². The Morgan fingerprint density at radius 1 is 1.25 bits per heavy atom. The number of furan rings is 1. The molecule has 1 aromatic heterocycles. The number of carbonyl (C=O) groups excluding carboxylic acids is 1. The fourth-order valence-electron chi connectivity index (χ4n) is 2.09. The molecule has 24 heavy (non-hydrogen) atoms. The molecule has 0 aliphatic heterocycles. The Morgan fingerprint density at radius 2 is 1.96 bits per heavy atom. The van der Waals surface area contributed by atoms with Gasteiger partial charge in [-0.3, -0.25) is 4.79 Å². The van der Waals surface area contributed by atoms with Gasteiger partial charge in [-0.2, -0.15) is 0 Å². The fraction of sp³-hybridized carbons (Fsp3) is 0.235. The second kappa shape index (κ2) is 7.94. The van der Waals surface area contributed by atoms with Gasteiger partial charge in [-0.15, -0.1) is 0 Å². The highest BCUT2D eigenvalue weighted by molar-refractivity contribution is 7.89. The third-order valence-electron chi connectivity index (χ3n) is 3.50. The molecule has 0 fully saturated rings. The van der Waals surface area contributed by atoms with E-state index < -0.39 is 10.0 Å². The topological polar surface area (TPSA) is 79.6 Å². The molecule has 1 N–H and O–H groups in total. The molecule has 7 heteroatoms. The van der Waals surface area contributed by atoms with Crippen LogP contribution in [-0.2, 0) is 21.4 Å². The van der Waals surface area contributed by atoms with Crippen LogP contribution in [0.15, 0.2) is 58.1 Å². The quantitative estimate of drug-likeness (QED) is 0.778. The average Bonchev–Trinajstić information content (AvgIpc) is 3.11. The van der Waals surface area contributed by atoms with Crippen LogP contribution in [0.2, 0.25) is 0 Å². The highest BCUT2D eigenvalue weighted by Crippen LogP contribution is 2.12. The van der Waals surface area contributed by atoms with Crippen LogP contribution in [0, 0.1) is 0 Å². The van der Waals surface area contributed by atoms with E-state index in [0.717, 1.165) is 11.3 Å². The first-order valence-electron chi connectivity index (χ1n) is 7.49. The zero-order chi connectivity index (χ0) is 17.6. The number of nitrogens with one attached hydrogen (secondary N) is 1. The minimum Gasteiger partial charge on any atom is -0.467 e. The van der Waals surface area contributed by atoms with E-state index in [1.807, 2.05) is 13.0 Å². The molecule has 0 atom stereocenters. The van der Waals surface area contributed by atoms with Crippen LogP contribution in [0.1, 0.15) is 18.2 Å². The number of likely N-dealkylation sites (N-methyl/N-ethyl adjacent to an activating group) is 1. The van der Waals surface area contributed by atoms with E-state index in [1.165, 1.54) is 25.3 Å². The summed E-state index contributed by atoms with van der Waals surface area (Å²) in [5, 5.41) is 0. The van der Waals surface area contributed by atoms with Crippen molar-refractivity contribution in [3.05, 3.63) is 60.1 Å². The van der Waals surface area contributed by atoms with Gasteiger partial charge >= 0.3 is 0 Å². The van der Waals surface area contributed by atoms with Crippen molar-refractivity contribution >= 4 is 22.0 Å². The van der Waals surface area contributed by atoms with Crippen molar-refractivity contribution in [1.82, 2.24) is 9.62 Å². The van der Waals surface area contributed by atoms with Crippen LogP contribution in [0.3, 0.4) is 0 Å². The Morgan fingerprint density at radius 3 is 2.50 bits per heavy atom. The van der Waals surface area contributed by atoms with E-state index in [-0.39, 0.29) is 10.8 Å². The van der Waals surface area contributed by atoms with Crippen molar-refractivity contribution in [2.75, 3.05) is 13.6 Å². The molecule has 1 aromatic carbocycles. The summed E-state index contributed by atoms with van der Waals surface area (Å²) in [7, 11) is -2.09. The maximum absolute atomic E-state index is 12.2. The third kappa shape index (κ3) is 4.56. The molecule has 0 saturated carbocycles. The van der Waals surface area contributed by atoms with Crippen LogP contribution in [-0.4, -0.2) is 32.8 Å². The molecule has 1 amide bonds. The first-order valence-corrected chi connectivity index (χ1v) is 8.97. The molecule has 6 nitrogen and oxygen atoms in total. The number of hydrogen-bond donors (Lipinski definition) is 1. The zero-order valence-corrected chi connectivity index (χ0v) is 14.4. The maximum Gasteiger partial charge on any atom is 0.246 e. The highest BCUT2D eigenvalue weighted by Gasteiger charge is 2.11. The summed E-state index contributed by atoms with van der Waals surface area (Å²) >= 11 is 0. The molecule has 0 saturated heterocycles. The number of hydrogen-bond acceptors (Lipinski definition) is 4. The van der Waals surface area contributed by atoms with Gasteiger partial charge in [-0.25, -0.2) is 13.1 Å². The number of carbonyl (C=O) groups is 1. The van der Waals surface area contributed by atoms with Crippen LogP contribution < -0.4 is 4.72 Å². The summed E-state index contributed by atoms with van der Waals surface area (Å²) < 4.78 is 30.8. The van der Waals surface area contributed by atoms with Crippen LogP contribution >= 0.6 is 0 Å². The first kappa shape index (κ1) is 18.0. The zero-order valence-electron chi connectivity index (χ0n) is 13.6. The SMILES string of the molecule is CCN(Cc1ccco1)C(=O)/C=C/c1ccc(S(=O)(=O)NC)cc1. The number of sulfonamides is 1. The summed E-state index contributed by atoms with van der Waals surface area (Å²) in [5.74, 6) is 0.584. The van der Waals surface area contributed by atoms with E-state index in [9.17, 15) is 13.2 Å². The Hall–Kier alpha value is -2.38. The van der Waals surface area contributed by atoms with Gasteiger partial charge in [-0.05, 0) is 49.9 Å². The second-order valence-electron chi connectivity index (χ2n) is 5.04. The summed E-state index contributed by atoms with van der Waals surface area (Å²) in [6.45, 7) is 2.86. The van der Waals surface area contributed by atoms with Crippen molar-refractivity contribution in [3.63, 3.8) is 0 Å². The lowest BCUT2D eigenvalue weighted by Gasteiger charge is -2.17. The molecule has 0 spiro atoms. The Balaban J connectivity index is 2.05. The molecule has 0 unspecified atom stereocenters. The molecule has 1 heterocycles. The van der Waals surface area contributed by atoms with E-state index in [2.05, 4.69) is 4.72 Å². The van der Waals surface area contributed by atoms with E-state index in [0.29, 0.717) is 13.1 Å². The number of benzene rings is 1. The summed E-state index contributed by atoms with van der Waals surface area (Å²) in [6.07, 6.45) is 4.70. The average molecular weight is 348 g/mol. The maximum atomic E-state index is 12.2. The molecule has 2 aromatic rings. The van der Waals surface area contributed by atoms with Crippen LogP contribution in [0.4, 0.5) is 0 Å². The standard InChI is InChI=1S/C17H20N2O4S/c1-3-19(13-15-5-4-12-23-15)17(20)11-8-14-6-9-16(10-7-14)24(21,22)18-2/h4-12,18H,3,13H2,1-2H3/b11-8+. The molecule has 0 bridgehead atoms. The van der Waals surface area contributed by atoms with Crippen LogP contribution in [0.5, 0.6) is 0 Å². The predicted molar refractivity (Wildman–Crippen MR) is 91.5 cm³/mol. The Kier molecular flexibility index (Phi) is 5.94. The van der Waals surface area contributed by atoms with Crippen molar-refractivity contribution < 1.29 is 17.6 Å². The van der Waals surface area contributed by atoms with Gasteiger partial charge in [0.25, 0.3) is 0 Å². The number of rotatable bonds is 7. The largest absolute Gasteiger partial charge is 0.467 e. The van der Waals surface area contributed by atoms with Gasteiger partial charge in [0.1, 0.15) is 5.76 Å². The van der Waals surface area contributed by atoms with Crippen LogP contribution in [0.25, 0.3) is 6.08 Å². The van der Waals surface area contributed by atoms with Gasteiger partial charge in [0.2, 0.25) is 15.9 Å². The molecule has 0 aliphatic carbocycles. The van der Waals surface area contributed by atoms with E-state index in [4.69, 9.17) is 4.42 Å². The van der Waals surface area contributed by atoms with E-state index in [1.54, 1.807) is 35.4 Å². The number of nitrogens with zero attached hydrogens (tertiary/aromatic N) is 1. The summed E-state index contributed by atoms with van der Waals surface area (Å²) in [6, 6.07) is 9.89. The molecule has 0 aliphatic rings. The van der Waals surface area contributed by atoms with Crippen molar-refractivity contribution in [2.24, 2.45) is 0 Å². The predicted octanol–water partition coefficient (Wildman–Crippen LogP) is 2.25. The normalized spacial score (nSPS) is 11.8. The van der Waals surface area contributed by atoms with Gasteiger partial charge in [-0.1, -0.05) is 12.1 Å². The number of amides is 1. The third-order valence-corrected chi connectivity index (χ3v) is 4.93. The van der Waals surface area contributed by atoms with Crippen molar-refractivity contribution in [2.45, 2.75) is 18.4 Å². The molecule has 128 valence electrons. The Bertz CT molecular complexity index is 794. The summed E-state index contributed by atoms with van der Waals surface area (Å²) in [5.41, 5.74) is 0.743. The minimum absolute atomic E-state index is 0.138. The Labute approximate surface area is 141 Å². The van der Waals surface area contributed by atoms with E-state index >= 15 is 0 Å².